The Kier molecular flexibility index (Phi) is 5.69. The van der Waals surface area contributed by atoms with Crippen LogP contribution in [0.25, 0.3) is 11.0 Å². The molecule has 1 N–H and O–H groups in total. The Morgan fingerprint density at radius 2 is 2.10 bits per heavy atom. The van der Waals surface area contributed by atoms with Crippen molar-refractivity contribution in [3.63, 3.8) is 0 Å². The molecule has 2 aromatic rings. The number of nitrogens with zero attached hydrogens (tertiary/aromatic N) is 1. The number of fused-ring (bicyclic) bond motifs is 1. The highest BCUT2D eigenvalue weighted by molar-refractivity contribution is 5.93. The summed E-state index contributed by atoms with van der Waals surface area (Å²) in [6, 6.07) is 7.10. The van der Waals surface area contributed by atoms with E-state index in [-0.39, 0.29) is 29.6 Å². The van der Waals surface area contributed by atoms with E-state index in [0.717, 1.165) is 0 Å². The molecule has 3 atom stereocenters. The molecule has 3 heterocycles. The summed E-state index contributed by atoms with van der Waals surface area (Å²) in [5.41, 5.74) is 0.861. The zero-order valence-corrected chi connectivity index (χ0v) is 16.4. The first kappa shape index (κ1) is 19.7. The maximum atomic E-state index is 13.2. The van der Waals surface area contributed by atoms with Gasteiger partial charge >= 0.3 is 0 Å². The Morgan fingerprint density at radius 1 is 1.31 bits per heavy atom. The summed E-state index contributed by atoms with van der Waals surface area (Å²) in [6.45, 7) is 3.70. The minimum absolute atomic E-state index is 0.0255. The van der Waals surface area contributed by atoms with Crippen molar-refractivity contribution in [1.82, 2.24) is 4.90 Å². The van der Waals surface area contributed by atoms with E-state index in [1.165, 1.54) is 6.26 Å². The zero-order valence-electron chi connectivity index (χ0n) is 16.4. The van der Waals surface area contributed by atoms with Gasteiger partial charge in [0.2, 0.25) is 6.29 Å². The number of para-hydroxylation sites is 1. The molecule has 7 heteroatoms. The van der Waals surface area contributed by atoms with Gasteiger partial charge in [-0.05, 0) is 38.0 Å². The Hall–Kier alpha value is -2.64. The van der Waals surface area contributed by atoms with E-state index in [9.17, 15) is 14.7 Å². The molecule has 0 radical (unpaired) electrons. The molecule has 0 saturated carbocycles. The smallest absolute Gasteiger partial charge is 0.288 e. The van der Waals surface area contributed by atoms with Crippen LogP contribution in [0, 0.1) is 5.92 Å². The number of benzene rings is 1. The number of carbonyl (C=O) groups is 1. The summed E-state index contributed by atoms with van der Waals surface area (Å²) in [5, 5.41) is 9.85. The maximum Gasteiger partial charge on any atom is 0.288 e. The average molecular weight is 399 g/mol. The van der Waals surface area contributed by atoms with Gasteiger partial charge in [-0.3, -0.25) is 9.59 Å². The van der Waals surface area contributed by atoms with Gasteiger partial charge in [-0.25, -0.2) is 0 Å². The lowest BCUT2D eigenvalue weighted by Crippen LogP contribution is -2.38. The van der Waals surface area contributed by atoms with Crippen LogP contribution in [0.4, 0.5) is 0 Å². The molecule has 1 saturated heterocycles. The number of aliphatic hydroxyl groups is 1. The molecule has 2 aliphatic rings. The van der Waals surface area contributed by atoms with E-state index in [1.807, 2.05) is 13.0 Å². The highest BCUT2D eigenvalue weighted by Crippen LogP contribution is 2.39. The van der Waals surface area contributed by atoms with Gasteiger partial charge in [-0.15, -0.1) is 0 Å². The summed E-state index contributed by atoms with van der Waals surface area (Å²) in [5.74, 6) is -0.618. The fourth-order valence-corrected chi connectivity index (χ4v) is 3.85. The van der Waals surface area contributed by atoms with Gasteiger partial charge in [-0.2, -0.15) is 0 Å². The summed E-state index contributed by atoms with van der Waals surface area (Å²) in [7, 11) is 0. The Morgan fingerprint density at radius 3 is 2.83 bits per heavy atom. The number of ether oxygens (including phenoxy) is 2. The standard InChI is InChI=1S/C22H25NO6/c1-2-27-22-14(7-5-11-24)16(12-19(29-22)21(26)23-9-10-23)17-13-28-18-8-4-3-6-15(18)20(17)25/h3-4,6,8,12-14,16,22,24H,2,5,7,9-11H2,1H3/t14-,16+,22-/m0/s1. The topological polar surface area (TPSA) is 89.0 Å². The second-order valence-corrected chi connectivity index (χ2v) is 7.34. The van der Waals surface area contributed by atoms with Crippen molar-refractivity contribution in [3.05, 3.63) is 58.2 Å². The first-order chi connectivity index (χ1) is 14.1. The SMILES string of the molecule is CCO[C@H]1OC(C(=O)N2CC2)=C[C@@H](c2coc3ccccc3c2=O)[C@@H]1CCCO. The van der Waals surface area contributed by atoms with Crippen molar-refractivity contribution in [3.8, 4) is 0 Å². The molecular formula is C22H25NO6. The van der Waals surface area contributed by atoms with Crippen molar-refractivity contribution < 1.29 is 23.8 Å². The first-order valence-corrected chi connectivity index (χ1v) is 10.0. The van der Waals surface area contributed by atoms with Crippen LogP contribution in [0.1, 0.15) is 31.2 Å². The Bertz CT molecular complexity index is 977. The molecule has 0 bridgehead atoms. The number of amides is 1. The molecule has 1 aromatic carbocycles. The molecule has 29 heavy (non-hydrogen) atoms. The number of rotatable bonds is 7. The fraction of sp³-hybridized carbons (Fsp3) is 0.455. The van der Waals surface area contributed by atoms with Gasteiger partial charge < -0.3 is 23.9 Å². The lowest BCUT2D eigenvalue weighted by molar-refractivity contribution is -0.168. The fourth-order valence-electron chi connectivity index (χ4n) is 3.85. The molecule has 154 valence electrons. The van der Waals surface area contributed by atoms with Crippen molar-refractivity contribution in [2.24, 2.45) is 5.92 Å². The second kappa shape index (κ2) is 8.39. The second-order valence-electron chi connectivity index (χ2n) is 7.34. The van der Waals surface area contributed by atoms with Gasteiger partial charge in [0.1, 0.15) is 5.58 Å². The first-order valence-electron chi connectivity index (χ1n) is 10.0. The van der Waals surface area contributed by atoms with Gasteiger partial charge in [0.25, 0.3) is 5.91 Å². The Balaban J connectivity index is 1.80. The lowest BCUT2D eigenvalue weighted by Gasteiger charge is -2.36. The molecule has 0 aliphatic carbocycles. The van der Waals surface area contributed by atoms with Gasteiger partial charge in [-0.1, -0.05) is 12.1 Å². The number of carbonyl (C=O) groups excluding carboxylic acids is 1. The van der Waals surface area contributed by atoms with Crippen LogP contribution in [-0.2, 0) is 14.3 Å². The third kappa shape index (κ3) is 3.93. The van der Waals surface area contributed by atoms with Crippen LogP contribution in [0.15, 0.2) is 51.6 Å². The number of allylic oxidation sites excluding steroid dienone is 1. The van der Waals surface area contributed by atoms with E-state index in [2.05, 4.69) is 0 Å². The highest BCUT2D eigenvalue weighted by Gasteiger charge is 2.41. The summed E-state index contributed by atoms with van der Waals surface area (Å²) in [6.07, 6.45) is 3.65. The van der Waals surface area contributed by atoms with Crippen molar-refractivity contribution >= 4 is 16.9 Å². The zero-order chi connectivity index (χ0) is 20.4. The Labute approximate surface area is 168 Å². The average Bonchev–Trinajstić information content (AvgIpc) is 3.58. The van der Waals surface area contributed by atoms with Crippen LogP contribution in [0.3, 0.4) is 0 Å². The highest BCUT2D eigenvalue weighted by atomic mass is 16.7. The normalized spacial score (nSPS) is 23.6. The number of hydrogen-bond donors (Lipinski definition) is 1. The third-order valence-electron chi connectivity index (χ3n) is 5.42. The molecule has 2 aliphatic heterocycles. The lowest BCUT2D eigenvalue weighted by atomic mass is 9.81. The molecule has 7 nitrogen and oxygen atoms in total. The number of aliphatic hydroxyl groups excluding tert-OH is 1. The molecule has 1 amide bonds. The summed E-state index contributed by atoms with van der Waals surface area (Å²) < 4.78 is 17.4. The van der Waals surface area contributed by atoms with Crippen molar-refractivity contribution in [2.75, 3.05) is 26.3 Å². The van der Waals surface area contributed by atoms with Crippen LogP contribution in [0.5, 0.6) is 0 Å². The predicted molar refractivity (Wildman–Crippen MR) is 106 cm³/mol. The third-order valence-corrected chi connectivity index (χ3v) is 5.42. The minimum Gasteiger partial charge on any atom is -0.464 e. The molecule has 1 fully saturated rings. The quantitative estimate of drug-likeness (QED) is 0.719. The summed E-state index contributed by atoms with van der Waals surface area (Å²) in [4.78, 5) is 27.5. The molecular weight excluding hydrogens is 374 g/mol. The van der Waals surface area contributed by atoms with E-state index in [0.29, 0.717) is 49.1 Å². The van der Waals surface area contributed by atoms with Crippen LogP contribution < -0.4 is 5.43 Å². The molecule has 4 rings (SSSR count). The van der Waals surface area contributed by atoms with Crippen LogP contribution >= 0.6 is 0 Å². The molecule has 0 spiro atoms. The van der Waals surface area contributed by atoms with Gasteiger partial charge in [0.05, 0.1) is 11.6 Å². The summed E-state index contributed by atoms with van der Waals surface area (Å²) >= 11 is 0. The number of hydrogen-bond acceptors (Lipinski definition) is 6. The van der Waals surface area contributed by atoms with E-state index < -0.39 is 12.2 Å². The van der Waals surface area contributed by atoms with E-state index >= 15 is 0 Å². The van der Waals surface area contributed by atoms with Crippen LogP contribution in [-0.4, -0.2) is 48.5 Å². The van der Waals surface area contributed by atoms with Gasteiger partial charge in [0.15, 0.2) is 11.2 Å². The molecule has 1 aromatic heterocycles. The van der Waals surface area contributed by atoms with E-state index in [4.69, 9.17) is 13.9 Å². The van der Waals surface area contributed by atoms with Crippen LogP contribution in [0.2, 0.25) is 0 Å². The van der Waals surface area contributed by atoms with Crippen molar-refractivity contribution in [2.45, 2.75) is 32.0 Å². The van der Waals surface area contributed by atoms with Gasteiger partial charge in [0, 0.05) is 43.7 Å². The minimum atomic E-state index is -0.675. The molecule has 0 unspecified atom stereocenters. The van der Waals surface area contributed by atoms with Crippen molar-refractivity contribution in [1.29, 1.82) is 0 Å². The monoisotopic (exact) mass is 399 g/mol. The largest absolute Gasteiger partial charge is 0.464 e. The van der Waals surface area contributed by atoms with E-state index in [1.54, 1.807) is 29.2 Å². The maximum absolute atomic E-state index is 13.2. The predicted octanol–water partition coefficient (Wildman–Crippen LogP) is 2.38.